The standard InChI is InChI=1S/C10H8F2N2O2/c11-6-1-2-9(8(12)3-6)15-5-7-4-10(13)16-14-7/h1-4H,5,13H2. The van der Waals surface area contributed by atoms with E-state index in [2.05, 4.69) is 9.68 Å². The van der Waals surface area contributed by atoms with E-state index in [9.17, 15) is 8.78 Å². The van der Waals surface area contributed by atoms with Crippen molar-refractivity contribution in [3.05, 3.63) is 41.6 Å². The summed E-state index contributed by atoms with van der Waals surface area (Å²) in [5.74, 6) is -1.33. The molecule has 2 N–H and O–H groups in total. The van der Waals surface area contributed by atoms with E-state index in [1.165, 1.54) is 12.1 Å². The number of nitrogens with zero attached hydrogens (tertiary/aromatic N) is 1. The maximum Gasteiger partial charge on any atom is 0.222 e. The lowest BCUT2D eigenvalue weighted by Crippen LogP contribution is -1.97. The van der Waals surface area contributed by atoms with Gasteiger partial charge in [-0.2, -0.15) is 0 Å². The molecule has 0 spiro atoms. The molecule has 1 heterocycles. The van der Waals surface area contributed by atoms with Crippen molar-refractivity contribution in [2.24, 2.45) is 0 Å². The van der Waals surface area contributed by atoms with E-state index in [1.54, 1.807) is 0 Å². The van der Waals surface area contributed by atoms with Crippen molar-refractivity contribution in [3.63, 3.8) is 0 Å². The fraction of sp³-hybridized carbons (Fsp3) is 0.100. The zero-order chi connectivity index (χ0) is 11.5. The van der Waals surface area contributed by atoms with E-state index in [1.807, 2.05) is 0 Å². The van der Waals surface area contributed by atoms with E-state index in [0.717, 1.165) is 12.1 Å². The summed E-state index contributed by atoms with van der Waals surface area (Å²) >= 11 is 0. The zero-order valence-electron chi connectivity index (χ0n) is 8.11. The topological polar surface area (TPSA) is 61.3 Å². The molecule has 2 aromatic rings. The van der Waals surface area contributed by atoms with Crippen molar-refractivity contribution in [1.29, 1.82) is 0 Å². The van der Waals surface area contributed by atoms with Gasteiger partial charge in [-0.15, -0.1) is 0 Å². The van der Waals surface area contributed by atoms with Gasteiger partial charge in [0.25, 0.3) is 0 Å². The fourth-order valence-corrected chi connectivity index (χ4v) is 1.14. The summed E-state index contributed by atoms with van der Waals surface area (Å²) in [6, 6.07) is 4.51. The number of halogens is 2. The van der Waals surface area contributed by atoms with Crippen molar-refractivity contribution >= 4 is 5.88 Å². The van der Waals surface area contributed by atoms with Crippen LogP contribution in [0.5, 0.6) is 5.75 Å². The average molecular weight is 226 g/mol. The monoisotopic (exact) mass is 226 g/mol. The van der Waals surface area contributed by atoms with Crippen LogP contribution in [0, 0.1) is 11.6 Å². The van der Waals surface area contributed by atoms with Crippen molar-refractivity contribution in [2.45, 2.75) is 6.61 Å². The molecule has 2 rings (SSSR count). The Kier molecular flexibility index (Phi) is 2.72. The summed E-state index contributed by atoms with van der Waals surface area (Å²) in [5, 5.41) is 3.56. The quantitative estimate of drug-likeness (QED) is 0.870. The molecule has 1 aromatic heterocycles. The maximum absolute atomic E-state index is 13.1. The summed E-state index contributed by atoms with van der Waals surface area (Å²) < 4.78 is 35.4. The minimum atomic E-state index is -0.767. The van der Waals surface area contributed by atoms with Gasteiger partial charge in [0, 0.05) is 12.1 Å². The first kappa shape index (κ1) is 10.4. The summed E-state index contributed by atoms with van der Waals surface area (Å²) in [5.41, 5.74) is 5.72. The maximum atomic E-state index is 13.1. The molecule has 6 heteroatoms. The SMILES string of the molecule is Nc1cc(COc2ccc(F)cc2F)no1. The van der Waals surface area contributed by atoms with Gasteiger partial charge in [0.2, 0.25) is 5.88 Å². The number of nitrogen functional groups attached to an aromatic ring is 1. The lowest BCUT2D eigenvalue weighted by atomic mass is 10.3. The molecule has 84 valence electrons. The van der Waals surface area contributed by atoms with E-state index >= 15 is 0 Å². The molecule has 0 atom stereocenters. The minimum Gasteiger partial charge on any atom is -0.484 e. The van der Waals surface area contributed by atoms with E-state index in [-0.39, 0.29) is 18.2 Å². The molecule has 0 radical (unpaired) electrons. The Bertz CT molecular complexity index is 499. The van der Waals surface area contributed by atoms with E-state index in [4.69, 9.17) is 10.5 Å². The van der Waals surface area contributed by atoms with Crippen LogP contribution in [0.1, 0.15) is 5.69 Å². The highest BCUT2D eigenvalue weighted by Gasteiger charge is 2.07. The third-order valence-corrected chi connectivity index (χ3v) is 1.85. The highest BCUT2D eigenvalue weighted by Crippen LogP contribution is 2.19. The number of anilines is 1. The third-order valence-electron chi connectivity index (χ3n) is 1.85. The number of hydrogen-bond acceptors (Lipinski definition) is 4. The Hall–Kier alpha value is -2.11. The number of hydrogen-bond donors (Lipinski definition) is 1. The predicted molar refractivity (Wildman–Crippen MR) is 51.6 cm³/mol. The smallest absolute Gasteiger partial charge is 0.222 e. The van der Waals surface area contributed by atoms with Crippen molar-refractivity contribution in [2.75, 3.05) is 5.73 Å². The number of ether oxygens (including phenoxy) is 1. The van der Waals surface area contributed by atoms with Crippen LogP contribution in [0.3, 0.4) is 0 Å². The van der Waals surface area contributed by atoms with Crippen LogP contribution in [0.15, 0.2) is 28.8 Å². The lowest BCUT2D eigenvalue weighted by molar-refractivity contribution is 0.276. The summed E-state index contributed by atoms with van der Waals surface area (Å²) in [6.45, 7) is 0.00323. The zero-order valence-corrected chi connectivity index (χ0v) is 8.11. The molecule has 4 nitrogen and oxygen atoms in total. The Morgan fingerprint density at radius 2 is 2.12 bits per heavy atom. The highest BCUT2D eigenvalue weighted by molar-refractivity contribution is 5.26. The molecule has 16 heavy (non-hydrogen) atoms. The second-order valence-electron chi connectivity index (χ2n) is 3.08. The van der Waals surface area contributed by atoms with Crippen LogP contribution in [-0.4, -0.2) is 5.16 Å². The van der Waals surface area contributed by atoms with Gasteiger partial charge in [0.1, 0.15) is 18.1 Å². The molecule has 0 unspecified atom stereocenters. The first-order valence-electron chi connectivity index (χ1n) is 4.44. The molecule has 0 bridgehead atoms. The molecule has 0 amide bonds. The van der Waals surface area contributed by atoms with Crippen LogP contribution >= 0.6 is 0 Å². The number of benzene rings is 1. The normalized spacial score (nSPS) is 10.4. The van der Waals surface area contributed by atoms with Gasteiger partial charge in [0.15, 0.2) is 11.6 Å². The molecule has 0 saturated carbocycles. The van der Waals surface area contributed by atoms with Crippen LogP contribution in [0.2, 0.25) is 0 Å². The second kappa shape index (κ2) is 4.18. The van der Waals surface area contributed by atoms with Gasteiger partial charge in [0.05, 0.1) is 0 Å². The number of aromatic nitrogens is 1. The minimum absolute atomic E-state index is 0.00323. The number of nitrogens with two attached hydrogens (primary N) is 1. The first-order valence-corrected chi connectivity index (χ1v) is 4.44. The predicted octanol–water partition coefficient (Wildman–Crippen LogP) is 2.11. The van der Waals surface area contributed by atoms with Crippen LogP contribution < -0.4 is 10.5 Å². The second-order valence-corrected chi connectivity index (χ2v) is 3.08. The first-order chi connectivity index (χ1) is 7.65. The molecule has 0 aliphatic carbocycles. The van der Waals surface area contributed by atoms with Crippen molar-refractivity contribution in [3.8, 4) is 5.75 Å². The van der Waals surface area contributed by atoms with Gasteiger partial charge in [-0.05, 0) is 12.1 Å². The largest absolute Gasteiger partial charge is 0.484 e. The van der Waals surface area contributed by atoms with Crippen molar-refractivity contribution in [1.82, 2.24) is 5.16 Å². The van der Waals surface area contributed by atoms with Crippen molar-refractivity contribution < 1.29 is 18.0 Å². The Morgan fingerprint density at radius 1 is 1.31 bits per heavy atom. The van der Waals surface area contributed by atoms with Gasteiger partial charge in [-0.3, -0.25) is 0 Å². The van der Waals surface area contributed by atoms with Gasteiger partial charge < -0.3 is 15.0 Å². The summed E-state index contributed by atoms with van der Waals surface area (Å²) in [7, 11) is 0. The third kappa shape index (κ3) is 2.28. The lowest BCUT2D eigenvalue weighted by Gasteiger charge is -2.04. The van der Waals surface area contributed by atoms with E-state index in [0.29, 0.717) is 5.69 Å². The molecule has 0 aliphatic rings. The highest BCUT2D eigenvalue weighted by atomic mass is 19.1. The van der Waals surface area contributed by atoms with Crippen LogP contribution in [0.25, 0.3) is 0 Å². The Morgan fingerprint density at radius 3 is 2.75 bits per heavy atom. The van der Waals surface area contributed by atoms with Crippen LogP contribution in [0.4, 0.5) is 14.7 Å². The van der Waals surface area contributed by atoms with Gasteiger partial charge >= 0.3 is 0 Å². The molecular weight excluding hydrogens is 218 g/mol. The number of rotatable bonds is 3. The molecule has 0 saturated heterocycles. The summed E-state index contributed by atoms with van der Waals surface area (Å²) in [6.07, 6.45) is 0. The van der Waals surface area contributed by atoms with Gasteiger partial charge in [-0.25, -0.2) is 8.78 Å². The molecule has 1 aromatic carbocycles. The van der Waals surface area contributed by atoms with E-state index < -0.39 is 11.6 Å². The van der Waals surface area contributed by atoms with Gasteiger partial charge in [-0.1, -0.05) is 5.16 Å². The molecule has 0 fully saturated rings. The Balaban J connectivity index is 2.04. The molecule has 0 aliphatic heterocycles. The summed E-state index contributed by atoms with van der Waals surface area (Å²) in [4.78, 5) is 0. The fourth-order valence-electron chi connectivity index (χ4n) is 1.14. The Labute approximate surface area is 89.6 Å². The average Bonchev–Trinajstić information content (AvgIpc) is 2.63. The van der Waals surface area contributed by atoms with Crippen LogP contribution in [-0.2, 0) is 6.61 Å². The molecular formula is C10H8F2N2O2.